The van der Waals surface area contributed by atoms with Crippen molar-refractivity contribution in [2.24, 2.45) is 4.99 Å². The second-order valence-electron chi connectivity index (χ2n) is 6.04. The van der Waals surface area contributed by atoms with Crippen molar-refractivity contribution in [1.29, 1.82) is 0 Å². The molecule has 0 saturated carbocycles. The highest BCUT2D eigenvalue weighted by molar-refractivity contribution is 14.0. The highest BCUT2D eigenvalue weighted by Gasteiger charge is 2.04. The van der Waals surface area contributed by atoms with Crippen LogP contribution in [0.4, 0.5) is 0 Å². The maximum Gasteiger partial charge on any atom is 0.191 e. The Morgan fingerprint density at radius 3 is 2.37 bits per heavy atom. The summed E-state index contributed by atoms with van der Waals surface area (Å²) >= 11 is 0. The van der Waals surface area contributed by atoms with Crippen LogP contribution in [0, 0.1) is 6.92 Å². The van der Waals surface area contributed by atoms with Gasteiger partial charge in [0.2, 0.25) is 0 Å². The highest BCUT2D eigenvalue weighted by Crippen LogP contribution is 2.20. The van der Waals surface area contributed by atoms with Crippen LogP contribution in [-0.2, 0) is 13.0 Å². The van der Waals surface area contributed by atoms with Gasteiger partial charge in [0.15, 0.2) is 5.96 Å². The largest absolute Gasteiger partial charge is 0.497 e. The Kier molecular flexibility index (Phi) is 10.6. The quantitative estimate of drug-likeness (QED) is 0.340. The summed E-state index contributed by atoms with van der Waals surface area (Å²) in [5.41, 5.74) is 3.51. The molecule has 0 amide bonds. The van der Waals surface area contributed by atoms with Crippen molar-refractivity contribution in [3.63, 3.8) is 0 Å². The van der Waals surface area contributed by atoms with Crippen LogP contribution in [0.2, 0.25) is 0 Å². The van der Waals surface area contributed by atoms with Crippen LogP contribution in [0.5, 0.6) is 11.5 Å². The van der Waals surface area contributed by atoms with Crippen molar-refractivity contribution >= 4 is 29.9 Å². The molecule has 2 aromatic carbocycles. The van der Waals surface area contributed by atoms with Crippen molar-refractivity contribution < 1.29 is 9.47 Å². The zero-order chi connectivity index (χ0) is 18.8. The van der Waals surface area contributed by atoms with Crippen LogP contribution in [0.25, 0.3) is 0 Å². The van der Waals surface area contributed by atoms with Gasteiger partial charge in [-0.05, 0) is 49.6 Å². The van der Waals surface area contributed by atoms with Gasteiger partial charge in [-0.15, -0.1) is 24.0 Å². The molecule has 0 bridgehead atoms. The van der Waals surface area contributed by atoms with Gasteiger partial charge in [-0.1, -0.05) is 24.3 Å². The van der Waals surface area contributed by atoms with Gasteiger partial charge in [0.05, 0.1) is 20.8 Å². The number of guanidine groups is 1. The van der Waals surface area contributed by atoms with Crippen LogP contribution in [-0.4, -0.2) is 33.3 Å². The Morgan fingerprint density at radius 1 is 1.00 bits per heavy atom. The summed E-state index contributed by atoms with van der Waals surface area (Å²) in [5.74, 6) is 2.56. The number of aryl methyl sites for hydroxylation is 1. The molecule has 0 fully saturated rings. The van der Waals surface area contributed by atoms with Crippen molar-refractivity contribution in [3.8, 4) is 11.5 Å². The van der Waals surface area contributed by atoms with E-state index in [0.29, 0.717) is 6.54 Å². The van der Waals surface area contributed by atoms with E-state index < -0.39 is 0 Å². The molecule has 0 atom stereocenters. The maximum absolute atomic E-state index is 5.46. The average molecular weight is 483 g/mol. The summed E-state index contributed by atoms with van der Waals surface area (Å²) in [5, 5.41) is 6.67. The van der Waals surface area contributed by atoms with Crippen molar-refractivity contribution in [2.75, 3.05) is 27.3 Å². The third-order valence-corrected chi connectivity index (χ3v) is 4.06. The number of halogens is 1. The predicted octanol–water partition coefficient (Wildman–Crippen LogP) is 3.93. The summed E-state index contributed by atoms with van der Waals surface area (Å²) in [6.07, 6.45) is 0.919. The number of nitrogens with zero attached hydrogens (tertiary/aromatic N) is 1. The van der Waals surface area contributed by atoms with Crippen molar-refractivity contribution in [3.05, 3.63) is 59.2 Å². The SMILES string of the molecule is CCNC(=NCc1ccc(C)cc1OC)NCCc1ccc(OC)cc1.I. The Bertz CT molecular complexity index is 718. The molecule has 0 aromatic heterocycles. The molecule has 0 unspecified atom stereocenters. The van der Waals surface area contributed by atoms with Gasteiger partial charge in [-0.3, -0.25) is 0 Å². The lowest BCUT2D eigenvalue weighted by atomic mass is 10.1. The normalized spacial score (nSPS) is 10.7. The van der Waals surface area contributed by atoms with E-state index in [1.807, 2.05) is 18.2 Å². The number of aliphatic imine (C=N–C) groups is 1. The molecule has 2 aromatic rings. The Labute approximate surface area is 179 Å². The van der Waals surface area contributed by atoms with Gasteiger partial charge in [-0.25, -0.2) is 4.99 Å². The van der Waals surface area contributed by atoms with E-state index in [-0.39, 0.29) is 24.0 Å². The first-order chi connectivity index (χ1) is 12.7. The summed E-state index contributed by atoms with van der Waals surface area (Å²) in [6, 6.07) is 14.3. The number of hydrogen-bond acceptors (Lipinski definition) is 3. The minimum Gasteiger partial charge on any atom is -0.497 e. The minimum absolute atomic E-state index is 0. The zero-order valence-corrected chi connectivity index (χ0v) is 18.9. The van der Waals surface area contributed by atoms with E-state index in [2.05, 4.69) is 53.7 Å². The van der Waals surface area contributed by atoms with E-state index in [1.165, 1.54) is 11.1 Å². The Balaban J connectivity index is 0.00000364. The summed E-state index contributed by atoms with van der Waals surface area (Å²) in [7, 11) is 3.37. The molecule has 0 radical (unpaired) electrons. The van der Waals surface area contributed by atoms with E-state index in [4.69, 9.17) is 9.47 Å². The van der Waals surface area contributed by atoms with Gasteiger partial charge in [0.25, 0.3) is 0 Å². The van der Waals surface area contributed by atoms with Gasteiger partial charge >= 0.3 is 0 Å². The molecule has 0 spiro atoms. The fourth-order valence-electron chi connectivity index (χ4n) is 2.61. The first-order valence-corrected chi connectivity index (χ1v) is 8.95. The van der Waals surface area contributed by atoms with E-state index in [9.17, 15) is 0 Å². The molecule has 0 heterocycles. The van der Waals surface area contributed by atoms with Gasteiger partial charge in [-0.2, -0.15) is 0 Å². The van der Waals surface area contributed by atoms with Gasteiger partial charge in [0.1, 0.15) is 11.5 Å². The second kappa shape index (κ2) is 12.4. The fraction of sp³-hybridized carbons (Fsp3) is 0.381. The summed E-state index contributed by atoms with van der Waals surface area (Å²) in [4.78, 5) is 4.67. The molecule has 0 saturated heterocycles. The lowest BCUT2D eigenvalue weighted by Gasteiger charge is -2.12. The molecular weight excluding hydrogens is 453 g/mol. The molecule has 2 rings (SSSR count). The lowest BCUT2D eigenvalue weighted by molar-refractivity contribution is 0.409. The van der Waals surface area contributed by atoms with E-state index in [1.54, 1.807) is 14.2 Å². The third-order valence-electron chi connectivity index (χ3n) is 4.06. The minimum atomic E-state index is 0. The summed E-state index contributed by atoms with van der Waals surface area (Å²) in [6.45, 7) is 6.32. The summed E-state index contributed by atoms with van der Waals surface area (Å²) < 4.78 is 10.6. The van der Waals surface area contributed by atoms with Crippen LogP contribution < -0.4 is 20.1 Å². The Morgan fingerprint density at radius 2 is 1.74 bits per heavy atom. The van der Waals surface area contributed by atoms with E-state index >= 15 is 0 Å². The molecular formula is C21H30IN3O2. The number of nitrogens with one attached hydrogen (secondary N) is 2. The first-order valence-electron chi connectivity index (χ1n) is 8.95. The number of methoxy groups -OCH3 is 2. The second-order valence-corrected chi connectivity index (χ2v) is 6.04. The highest BCUT2D eigenvalue weighted by atomic mass is 127. The lowest BCUT2D eigenvalue weighted by Crippen LogP contribution is -2.38. The molecule has 0 aliphatic heterocycles. The monoisotopic (exact) mass is 483 g/mol. The molecule has 2 N–H and O–H groups in total. The standard InChI is InChI=1S/C21H29N3O2.HI/c1-5-22-21(23-13-12-17-7-10-19(25-3)11-8-17)24-15-18-9-6-16(2)14-20(18)26-4;/h6-11,14H,5,12-13,15H2,1-4H3,(H2,22,23,24);1H. The fourth-order valence-corrected chi connectivity index (χ4v) is 2.61. The van der Waals surface area contributed by atoms with Crippen molar-refractivity contribution in [1.82, 2.24) is 10.6 Å². The third kappa shape index (κ3) is 7.66. The van der Waals surface area contributed by atoms with Gasteiger partial charge in [0, 0.05) is 18.7 Å². The first kappa shape index (κ1) is 23.1. The van der Waals surface area contributed by atoms with Crippen LogP contribution in [0.15, 0.2) is 47.5 Å². The van der Waals surface area contributed by atoms with Crippen LogP contribution in [0.3, 0.4) is 0 Å². The molecule has 148 valence electrons. The molecule has 27 heavy (non-hydrogen) atoms. The van der Waals surface area contributed by atoms with Crippen LogP contribution in [0.1, 0.15) is 23.6 Å². The predicted molar refractivity (Wildman–Crippen MR) is 123 cm³/mol. The molecule has 0 aliphatic carbocycles. The van der Waals surface area contributed by atoms with Gasteiger partial charge < -0.3 is 20.1 Å². The van der Waals surface area contributed by atoms with Crippen molar-refractivity contribution in [2.45, 2.75) is 26.8 Å². The van der Waals surface area contributed by atoms with Crippen LogP contribution >= 0.6 is 24.0 Å². The molecule has 0 aliphatic rings. The number of hydrogen-bond donors (Lipinski definition) is 2. The Hall–Kier alpha value is -1.96. The number of ether oxygens (including phenoxy) is 2. The number of benzene rings is 2. The topological polar surface area (TPSA) is 54.9 Å². The molecule has 6 heteroatoms. The average Bonchev–Trinajstić information content (AvgIpc) is 2.67. The maximum atomic E-state index is 5.46. The number of rotatable bonds is 8. The molecule has 5 nitrogen and oxygen atoms in total. The van der Waals surface area contributed by atoms with E-state index in [0.717, 1.165) is 42.5 Å². The zero-order valence-electron chi connectivity index (χ0n) is 16.5. The smallest absolute Gasteiger partial charge is 0.191 e.